The van der Waals surface area contributed by atoms with Crippen LogP contribution in [0.2, 0.25) is 0 Å². The van der Waals surface area contributed by atoms with Crippen LogP contribution < -0.4 is 4.74 Å². The van der Waals surface area contributed by atoms with Crippen LogP contribution in [0, 0.1) is 6.92 Å². The summed E-state index contributed by atoms with van der Waals surface area (Å²) in [5.74, 6) is 0.754. The monoisotopic (exact) mass is 334 g/mol. The van der Waals surface area contributed by atoms with Crippen LogP contribution in [0.4, 0.5) is 0 Å². The fourth-order valence-electron chi connectivity index (χ4n) is 1.16. The van der Waals surface area contributed by atoms with Gasteiger partial charge in [0, 0.05) is 13.4 Å². The molecule has 0 radical (unpaired) electrons. The van der Waals surface area contributed by atoms with Crippen molar-refractivity contribution in [2.45, 2.75) is 55.1 Å². The first-order chi connectivity index (χ1) is 10.6. The predicted molar refractivity (Wildman–Crippen MR) is 96.6 cm³/mol. The third-order valence-electron chi connectivity index (χ3n) is 1.98. The van der Waals surface area contributed by atoms with Crippen molar-refractivity contribution >= 4 is 11.1 Å². The fraction of sp³-hybridized carbons (Fsp3) is 0.647. The molecule has 5 heteroatoms. The van der Waals surface area contributed by atoms with Gasteiger partial charge in [0.15, 0.2) is 17.9 Å². The van der Waals surface area contributed by atoms with Crippen LogP contribution in [-0.4, -0.2) is 24.4 Å². The molecule has 1 rings (SSSR count). The van der Waals surface area contributed by atoms with Gasteiger partial charge in [-0.2, -0.15) is 0 Å². The van der Waals surface area contributed by atoms with E-state index in [-0.39, 0.29) is 6.79 Å². The molecule has 0 amide bonds. The lowest BCUT2D eigenvalue weighted by molar-refractivity contribution is 0.0505. The number of methoxy groups -OCH3 is 1. The Labute approximate surface area is 139 Å². The molecule has 0 aliphatic rings. The molecular weight excluding hydrogens is 300 g/mol. The van der Waals surface area contributed by atoms with Crippen molar-refractivity contribution in [3.63, 3.8) is 0 Å². The minimum atomic E-state index is -1.25. The zero-order chi connectivity index (χ0) is 18.0. The van der Waals surface area contributed by atoms with Crippen LogP contribution in [0.25, 0.3) is 0 Å². The van der Waals surface area contributed by atoms with Gasteiger partial charge in [-0.25, -0.2) is 4.21 Å². The van der Waals surface area contributed by atoms with E-state index in [1.807, 2.05) is 66.7 Å². The molecule has 0 aromatic heterocycles. The van der Waals surface area contributed by atoms with Crippen LogP contribution in [0.15, 0.2) is 18.2 Å². The van der Waals surface area contributed by atoms with Gasteiger partial charge in [-0.05, 0) is 24.1 Å². The van der Waals surface area contributed by atoms with Gasteiger partial charge in [0.2, 0.25) is 0 Å². The molecule has 0 saturated carbocycles. The Kier molecular flexibility index (Phi) is 23.8. The number of rotatable bonds is 6. The zero-order valence-corrected chi connectivity index (χ0v) is 16.5. The Bertz CT molecular complexity index is 368. The standard InChI is InChI=1S/C11H16O4S.3C2H6/c1-9-4-5-10(7-15-16(3)12)6-11(9)14-8-13-2;3*1-2/h4-6H,7-8H2,1-3H3;3*1-2H3. The molecule has 0 aliphatic carbocycles. The van der Waals surface area contributed by atoms with E-state index in [0.717, 1.165) is 16.9 Å². The maximum Gasteiger partial charge on any atom is 0.188 e. The van der Waals surface area contributed by atoms with Crippen molar-refractivity contribution in [2.24, 2.45) is 0 Å². The number of aryl methyl sites for hydroxylation is 1. The highest BCUT2D eigenvalue weighted by Gasteiger charge is 2.02. The quantitative estimate of drug-likeness (QED) is 0.696. The van der Waals surface area contributed by atoms with Crippen LogP contribution in [0.1, 0.15) is 52.7 Å². The fourth-order valence-corrected chi connectivity index (χ4v) is 1.47. The predicted octanol–water partition coefficient (Wildman–Crippen LogP) is 4.87. The van der Waals surface area contributed by atoms with Crippen LogP contribution >= 0.6 is 0 Å². The van der Waals surface area contributed by atoms with E-state index in [2.05, 4.69) is 0 Å². The summed E-state index contributed by atoms with van der Waals surface area (Å²) in [5.41, 5.74) is 1.95. The number of ether oxygens (including phenoxy) is 2. The summed E-state index contributed by atoms with van der Waals surface area (Å²) in [6.45, 7) is 14.5. The molecule has 132 valence electrons. The lowest BCUT2D eigenvalue weighted by Gasteiger charge is -2.09. The average Bonchev–Trinajstić information content (AvgIpc) is 2.58. The summed E-state index contributed by atoms with van der Waals surface area (Å²) >= 11 is -1.25. The molecule has 22 heavy (non-hydrogen) atoms. The Morgan fingerprint density at radius 2 is 1.59 bits per heavy atom. The van der Waals surface area contributed by atoms with Crippen molar-refractivity contribution < 1.29 is 17.9 Å². The van der Waals surface area contributed by atoms with E-state index >= 15 is 0 Å². The summed E-state index contributed by atoms with van der Waals surface area (Å²) in [4.78, 5) is 0. The third kappa shape index (κ3) is 14.0. The molecule has 0 heterocycles. The second-order valence-electron chi connectivity index (χ2n) is 3.31. The molecule has 0 saturated heterocycles. The summed E-state index contributed by atoms with van der Waals surface area (Å²) in [5, 5.41) is 0. The highest BCUT2D eigenvalue weighted by atomic mass is 32.2. The van der Waals surface area contributed by atoms with Crippen molar-refractivity contribution in [1.82, 2.24) is 0 Å². The Balaban J connectivity index is -0.000000535. The SMILES string of the molecule is CC.CC.CC.COCOc1cc(COS(C)=O)ccc1C. The second kappa shape index (κ2) is 20.1. The van der Waals surface area contributed by atoms with Gasteiger partial charge in [-0.1, -0.05) is 53.7 Å². The summed E-state index contributed by atoms with van der Waals surface area (Å²) in [7, 11) is 1.57. The van der Waals surface area contributed by atoms with Crippen LogP contribution in [0.3, 0.4) is 0 Å². The molecule has 0 N–H and O–H groups in total. The molecule has 1 aromatic carbocycles. The maximum absolute atomic E-state index is 10.8. The molecule has 4 nitrogen and oxygen atoms in total. The maximum atomic E-state index is 10.8. The number of hydrogen-bond donors (Lipinski definition) is 0. The van der Waals surface area contributed by atoms with E-state index in [0.29, 0.717) is 6.61 Å². The van der Waals surface area contributed by atoms with E-state index in [1.54, 1.807) is 7.11 Å². The van der Waals surface area contributed by atoms with Gasteiger partial charge >= 0.3 is 0 Å². The Hall–Kier alpha value is -0.910. The summed E-state index contributed by atoms with van der Waals surface area (Å²) in [6.07, 6.45) is 1.50. The third-order valence-corrected chi connectivity index (χ3v) is 2.43. The van der Waals surface area contributed by atoms with E-state index in [9.17, 15) is 4.21 Å². The topological polar surface area (TPSA) is 44.8 Å². The van der Waals surface area contributed by atoms with Crippen molar-refractivity contribution in [3.8, 4) is 5.75 Å². The van der Waals surface area contributed by atoms with Crippen molar-refractivity contribution in [1.29, 1.82) is 0 Å². The van der Waals surface area contributed by atoms with Crippen LogP contribution in [0.5, 0.6) is 5.75 Å². The molecule has 1 unspecified atom stereocenters. The largest absolute Gasteiger partial charge is 0.467 e. The van der Waals surface area contributed by atoms with Gasteiger partial charge in [0.1, 0.15) is 5.75 Å². The minimum absolute atomic E-state index is 0.213. The van der Waals surface area contributed by atoms with E-state index in [1.165, 1.54) is 6.26 Å². The molecule has 0 spiro atoms. The van der Waals surface area contributed by atoms with Gasteiger partial charge in [0.25, 0.3) is 0 Å². The average molecular weight is 335 g/mol. The smallest absolute Gasteiger partial charge is 0.188 e. The Morgan fingerprint density at radius 3 is 2.05 bits per heavy atom. The normalized spacial score (nSPS) is 9.86. The Morgan fingerprint density at radius 1 is 1.05 bits per heavy atom. The first-order valence-corrected chi connectivity index (χ1v) is 9.29. The molecule has 0 aliphatic heterocycles. The number of hydrogen-bond acceptors (Lipinski definition) is 4. The van der Waals surface area contributed by atoms with Crippen molar-refractivity contribution in [3.05, 3.63) is 29.3 Å². The summed E-state index contributed by atoms with van der Waals surface area (Å²) < 4.78 is 26.0. The summed E-state index contributed by atoms with van der Waals surface area (Å²) in [6, 6.07) is 5.71. The van der Waals surface area contributed by atoms with Gasteiger partial charge in [-0.3, -0.25) is 4.18 Å². The van der Waals surface area contributed by atoms with Gasteiger partial charge < -0.3 is 9.47 Å². The van der Waals surface area contributed by atoms with Crippen molar-refractivity contribution in [2.75, 3.05) is 20.2 Å². The number of benzene rings is 1. The van der Waals surface area contributed by atoms with Crippen LogP contribution in [-0.2, 0) is 26.6 Å². The lowest BCUT2D eigenvalue weighted by atomic mass is 10.1. The van der Waals surface area contributed by atoms with Gasteiger partial charge in [0.05, 0.1) is 6.61 Å². The van der Waals surface area contributed by atoms with Gasteiger partial charge in [-0.15, -0.1) is 0 Å². The second-order valence-corrected chi connectivity index (χ2v) is 4.35. The lowest BCUT2D eigenvalue weighted by Crippen LogP contribution is -2.02. The van der Waals surface area contributed by atoms with E-state index < -0.39 is 11.1 Å². The molecule has 1 atom stereocenters. The molecule has 1 aromatic rings. The highest BCUT2D eigenvalue weighted by molar-refractivity contribution is 7.79. The highest BCUT2D eigenvalue weighted by Crippen LogP contribution is 2.20. The molecule has 0 bridgehead atoms. The molecule has 0 fully saturated rings. The minimum Gasteiger partial charge on any atom is -0.467 e. The first-order valence-electron chi connectivity index (χ1n) is 7.81. The van der Waals surface area contributed by atoms with E-state index in [4.69, 9.17) is 13.7 Å². The molecular formula is C17H34O4S. The first kappa shape index (κ1) is 26.0. The zero-order valence-electron chi connectivity index (χ0n) is 15.7.